The van der Waals surface area contributed by atoms with Crippen molar-refractivity contribution in [3.8, 4) is 22.0 Å². The molecule has 1 aliphatic rings. The van der Waals surface area contributed by atoms with Crippen LogP contribution in [0.25, 0.3) is 22.0 Å². The highest BCUT2D eigenvalue weighted by atomic mass is 32.1. The summed E-state index contributed by atoms with van der Waals surface area (Å²) in [6.07, 6.45) is 5.65. The number of likely N-dealkylation sites (tertiary alicyclic amines) is 1. The van der Waals surface area contributed by atoms with E-state index in [1.54, 1.807) is 24.2 Å². The molecule has 1 aliphatic heterocycles. The average molecular weight is 486 g/mol. The molecule has 0 unspecified atom stereocenters. The first-order valence-electron chi connectivity index (χ1n) is 11.7. The van der Waals surface area contributed by atoms with Crippen molar-refractivity contribution < 1.29 is 9.90 Å². The van der Waals surface area contributed by atoms with Gasteiger partial charge in [-0.1, -0.05) is 31.2 Å². The number of thiazole rings is 1. The highest BCUT2D eigenvalue weighted by Crippen LogP contribution is 2.36. The number of nitrogens with zero attached hydrogens (tertiary/aromatic N) is 5. The largest absolute Gasteiger partial charge is 0.375 e. The Balaban J connectivity index is 1.33. The molecule has 1 N–H and O–H groups in total. The molecule has 2 atom stereocenters. The van der Waals surface area contributed by atoms with Crippen molar-refractivity contribution in [1.29, 1.82) is 0 Å². The van der Waals surface area contributed by atoms with E-state index in [-0.39, 0.29) is 5.91 Å². The Bertz CT molecular complexity index is 1340. The predicted octanol–water partition coefficient (Wildman–Crippen LogP) is 4.45. The van der Waals surface area contributed by atoms with E-state index in [2.05, 4.69) is 16.9 Å². The van der Waals surface area contributed by atoms with Crippen LogP contribution in [-0.4, -0.2) is 49.4 Å². The summed E-state index contributed by atoms with van der Waals surface area (Å²) in [5, 5.41) is 13.8. The molecule has 1 fully saturated rings. The van der Waals surface area contributed by atoms with Crippen LogP contribution < -0.4 is 0 Å². The fraction of sp³-hybridized carbons (Fsp3) is 0.296. The van der Waals surface area contributed by atoms with Crippen molar-refractivity contribution in [1.82, 2.24) is 24.8 Å². The van der Waals surface area contributed by atoms with Gasteiger partial charge in [0.25, 0.3) is 5.91 Å². The van der Waals surface area contributed by atoms with Crippen LogP contribution in [0.1, 0.15) is 42.8 Å². The molecule has 8 heteroatoms. The van der Waals surface area contributed by atoms with E-state index < -0.39 is 5.60 Å². The number of aryl methyl sites for hydroxylation is 1. The first kappa shape index (κ1) is 23.3. The number of likely N-dealkylation sites (N-methyl/N-ethyl adjacent to an activating group) is 1. The van der Waals surface area contributed by atoms with Gasteiger partial charge in [0.2, 0.25) is 0 Å². The summed E-state index contributed by atoms with van der Waals surface area (Å²) in [4.78, 5) is 32.5. The van der Waals surface area contributed by atoms with Crippen LogP contribution in [0.2, 0.25) is 0 Å². The molecule has 178 valence electrons. The van der Waals surface area contributed by atoms with Gasteiger partial charge in [-0.05, 0) is 42.2 Å². The second-order valence-electron chi connectivity index (χ2n) is 9.01. The molecule has 3 aromatic heterocycles. The van der Waals surface area contributed by atoms with Crippen molar-refractivity contribution in [3.63, 3.8) is 0 Å². The van der Waals surface area contributed by atoms with Gasteiger partial charge >= 0.3 is 0 Å². The summed E-state index contributed by atoms with van der Waals surface area (Å²) < 4.78 is 0. The first-order chi connectivity index (χ1) is 16.9. The maximum atomic E-state index is 12.5. The van der Waals surface area contributed by atoms with Crippen LogP contribution in [0, 0.1) is 0 Å². The predicted molar refractivity (Wildman–Crippen MR) is 136 cm³/mol. The first-order valence-corrected chi connectivity index (χ1v) is 12.6. The van der Waals surface area contributed by atoms with Crippen molar-refractivity contribution in [2.75, 3.05) is 13.6 Å². The number of carbonyl (C=O) groups is 1. The minimum atomic E-state index is -1.47. The highest BCUT2D eigenvalue weighted by Gasteiger charge is 2.45. The van der Waals surface area contributed by atoms with Crippen molar-refractivity contribution >= 4 is 17.2 Å². The number of pyridine rings is 1. The highest BCUT2D eigenvalue weighted by molar-refractivity contribution is 7.13. The lowest BCUT2D eigenvalue weighted by atomic mass is 9.91. The number of benzene rings is 1. The molecule has 4 heterocycles. The second kappa shape index (κ2) is 9.64. The summed E-state index contributed by atoms with van der Waals surface area (Å²) in [5.74, 6) is 0.844. The van der Waals surface area contributed by atoms with Gasteiger partial charge in [0.15, 0.2) is 5.60 Å². The van der Waals surface area contributed by atoms with Gasteiger partial charge < -0.3 is 10.0 Å². The van der Waals surface area contributed by atoms with Gasteiger partial charge in [0.1, 0.15) is 16.5 Å². The maximum Gasteiger partial charge on any atom is 0.258 e. The summed E-state index contributed by atoms with van der Waals surface area (Å²) in [6.45, 7) is 2.71. The number of rotatable bonds is 7. The Morgan fingerprint density at radius 2 is 1.97 bits per heavy atom. The van der Waals surface area contributed by atoms with E-state index in [0.717, 1.165) is 46.3 Å². The molecule has 7 nitrogen and oxygen atoms in total. The molecule has 0 spiro atoms. The van der Waals surface area contributed by atoms with E-state index >= 15 is 0 Å². The van der Waals surface area contributed by atoms with E-state index in [4.69, 9.17) is 9.97 Å². The Hall–Kier alpha value is -3.49. The van der Waals surface area contributed by atoms with Crippen LogP contribution in [0.3, 0.4) is 0 Å². The molecule has 4 aromatic rings. The van der Waals surface area contributed by atoms with Gasteiger partial charge in [-0.15, -0.1) is 11.3 Å². The monoisotopic (exact) mass is 485 g/mol. The Morgan fingerprint density at radius 1 is 1.09 bits per heavy atom. The van der Waals surface area contributed by atoms with Crippen LogP contribution in [-0.2, 0) is 16.8 Å². The molecule has 0 aliphatic carbocycles. The third kappa shape index (κ3) is 4.72. The lowest BCUT2D eigenvalue weighted by Gasteiger charge is -2.21. The lowest BCUT2D eigenvalue weighted by molar-refractivity contribution is -0.143. The van der Waals surface area contributed by atoms with Gasteiger partial charge in [-0.25, -0.2) is 15.0 Å². The molecule has 35 heavy (non-hydrogen) atoms. The van der Waals surface area contributed by atoms with Gasteiger partial charge in [-0.3, -0.25) is 9.78 Å². The molecule has 1 saturated heterocycles. The normalized spacial score (nSPS) is 18.7. The smallest absolute Gasteiger partial charge is 0.258 e. The summed E-state index contributed by atoms with van der Waals surface area (Å²) >= 11 is 1.51. The van der Waals surface area contributed by atoms with Crippen LogP contribution >= 0.6 is 11.3 Å². The third-order valence-electron chi connectivity index (χ3n) is 6.56. The van der Waals surface area contributed by atoms with Crippen LogP contribution in [0.5, 0.6) is 0 Å². The molecular formula is C27H27N5O2S. The molecule has 0 radical (unpaired) electrons. The molecule has 1 aromatic carbocycles. The number of carbonyl (C=O) groups excluding carboxylic acids is 1. The molecular weight excluding hydrogens is 458 g/mol. The third-order valence-corrected chi connectivity index (χ3v) is 7.45. The van der Waals surface area contributed by atoms with Gasteiger partial charge in [0, 0.05) is 55.5 Å². The molecule has 5 rings (SSSR count). The van der Waals surface area contributed by atoms with Gasteiger partial charge in [0.05, 0.1) is 5.69 Å². The quantitative estimate of drug-likeness (QED) is 0.416. The zero-order chi connectivity index (χ0) is 24.4. The van der Waals surface area contributed by atoms with E-state index in [1.807, 2.05) is 54.0 Å². The number of hydrogen-bond acceptors (Lipinski definition) is 7. The van der Waals surface area contributed by atoms with E-state index in [0.29, 0.717) is 24.4 Å². The number of aliphatic hydroxyl groups is 1. The minimum absolute atomic E-state index is 0.264. The standard InChI is InChI=1S/C27H27N5O2S/c1-18(21-8-3-4-13-28-21)9-10-24-29-14-11-22(30-24)23-17-35-25(31-23)19-6-5-7-20(16-19)27(34)12-15-32(2)26(27)33/h3-8,11,13-14,16-18,34H,9-10,12,15H2,1-2H3/t18-,27+/m0/s1. The Morgan fingerprint density at radius 3 is 2.74 bits per heavy atom. The van der Waals surface area contributed by atoms with Gasteiger partial charge in [-0.2, -0.15) is 0 Å². The summed E-state index contributed by atoms with van der Waals surface area (Å²) in [6, 6.07) is 15.3. The van der Waals surface area contributed by atoms with Crippen LogP contribution in [0.15, 0.2) is 66.3 Å². The topological polar surface area (TPSA) is 92.1 Å². The fourth-order valence-corrected chi connectivity index (χ4v) is 5.19. The zero-order valence-corrected chi connectivity index (χ0v) is 20.6. The minimum Gasteiger partial charge on any atom is -0.375 e. The van der Waals surface area contributed by atoms with Crippen LogP contribution in [0.4, 0.5) is 0 Å². The Labute approximate surface area is 208 Å². The van der Waals surface area contributed by atoms with Crippen molar-refractivity contribution in [3.05, 3.63) is 83.4 Å². The number of hydrogen-bond donors (Lipinski definition) is 1. The van der Waals surface area contributed by atoms with Crippen molar-refractivity contribution in [2.45, 2.75) is 37.7 Å². The van der Waals surface area contributed by atoms with E-state index in [1.165, 1.54) is 11.3 Å². The summed E-state index contributed by atoms with van der Waals surface area (Å²) in [5.41, 5.74) is 2.64. The molecule has 0 saturated carbocycles. The second-order valence-corrected chi connectivity index (χ2v) is 9.87. The number of amides is 1. The number of aromatic nitrogens is 4. The SMILES string of the molecule is C[C@@H](CCc1nccc(-c2csc(-c3cccc([C@]4(O)CCN(C)C4=O)c3)n2)n1)c1ccccn1. The Kier molecular flexibility index (Phi) is 6.40. The van der Waals surface area contributed by atoms with Crippen molar-refractivity contribution in [2.24, 2.45) is 0 Å². The molecule has 1 amide bonds. The summed E-state index contributed by atoms with van der Waals surface area (Å²) in [7, 11) is 1.71. The lowest BCUT2D eigenvalue weighted by Crippen LogP contribution is -2.36. The maximum absolute atomic E-state index is 12.5. The zero-order valence-electron chi connectivity index (χ0n) is 19.8. The average Bonchev–Trinajstić information content (AvgIpc) is 3.50. The molecule has 0 bridgehead atoms. The van der Waals surface area contributed by atoms with E-state index in [9.17, 15) is 9.90 Å². The fourth-order valence-electron chi connectivity index (χ4n) is 4.38.